The first-order valence-electron chi connectivity index (χ1n) is 6.43. The molecule has 0 aliphatic heterocycles. The van der Waals surface area contributed by atoms with Crippen LogP contribution in [0.25, 0.3) is 0 Å². The highest BCUT2D eigenvalue weighted by molar-refractivity contribution is 4.69. The molecule has 0 aromatic rings. The molecule has 0 unspecified atom stereocenters. The Morgan fingerprint density at radius 2 is 1.11 bits per heavy atom. The van der Waals surface area contributed by atoms with E-state index in [9.17, 15) is 0 Å². The van der Waals surface area contributed by atoms with Crippen molar-refractivity contribution in [2.24, 2.45) is 10.8 Å². The van der Waals surface area contributed by atoms with E-state index in [-0.39, 0.29) is 24.0 Å². The Morgan fingerprint density at radius 1 is 0.778 bits per heavy atom. The number of rotatable bonds is 10. The SMILES string of the molecule is CC(C)(CO)CCOC=COCCC(C)(C)CO. The number of hydrogen-bond donors (Lipinski definition) is 2. The number of aliphatic hydroxyl groups excluding tert-OH is 2. The molecule has 0 rings (SSSR count). The van der Waals surface area contributed by atoms with E-state index in [1.54, 1.807) is 0 Å². The predicted molar refractivity (Wildman–Crippen MR) is 72.0 cm³/mol. The number of aliphatic hydroxyl groups is 2. The summed E-state index contributed by atoms with van der Waals surface area (Å²) in [5, 5.41) is 18.1. The lowest BCUT2D eigenvalue weighted by Gasteiger charge is -2.21. The minimum Gasteiger partial charge on any atom is -0.498 e. The van der Waals surface area contributed by atoms with E-state index in [0.717, 1.165) is 12.8 Å². The van der Waals surface area contributed by atoms with Gasteiger partial charge in [-0.2, -0.15) is 0 Å². The molecule has 0 heterocycles. The molecule has 18 heavy (non-hydrogen) atoms. The topological polar surface area (TPSA) is 58.9 Å². The quantitative estimate of drug-likeness (QED) is 0.467. The molecule has 0 atom stereocenters. The number of hydrogen-bond acceptors (Lipinski definition) is 4. The van der Waals surface area contributed by atoms with E-state index in [0.29, 0.717) is 13.2 Å². The fourth-order valence-electron chi connectivity index (χ4n) is 1.04. The van der Waals surface area contributed by atoms with Crippen molar-refractivity contribution < 1.29 is 19.7 Å². The van der Waals surface area contributed by atoms with Crippen LogP contribution in [0.1, 0.15) is 40.5 Å². The Morgan fingerprint density at radius 3 is 1.39 bits per heavy atom. The summed E-state index contributed by atoms with van der Waals surface area (Å²) in [5.74, 6) is 0. The van der Waals surface area contributed by atoms with Gasteiger partial charge in [-0.25, -0.2) is 0 Å². The summed E-state index contributed by atoms with van der Waals surface area (Å²) in [6.45, 7) is 9.42. The van der Waals surface area contributed by atoms with E-state index in [2.05, 4.69) is 0 Å². The van der Waals surface area contributed by atoms with Crippen molar-refractivity contribution in [3.8, 4) is 0 Å². The van der Waals surface area contributed by atoms with Gasteiger partial charge in [0.05, 0.1) is 13.2 Å². The first kappa shape index (κ1) is 17.3. The monoisotopic (exact) mass is 260 g/mol. The highest BCUT2D eigenvalue weighted by Crippen LogP contribution is 2.19. The molecule has 0 aliphatic rings. The molecule has 0 aromatic carbocycles. The van der Waals surface area contributed by atoms with Gasteiger partial charge in [0.2, 0.25) is 0 Å². The Balaban J connectivity index is 3.51. The second kappa shape index (κ2) is 8.38. The Labute approximate surface area is 111 Å². The molecule has 2 N–H and O–H groups in total. The van der Waals surface area contributed by atoms with Crippen molar-refractivity contribution in [2.45, 2.75) is 40.5 Å². The minimum atomic E-state index is -0.0974. The Kier molecular flexibility index (Phi) is 8.03. The summed E-state index contributed by atoms with van der Waals surface area (Å²) in [6.07, 6.45) is 4.65. The van der Waals surface area contributed by atoms with E-state index >= 15 is 0 Å². The molecule has 4 nitrogen and oxygen atoms in total. The smallest absolute Gasteiger partial charge is 0.117 e. The van der Waals surface area contributed by atoms with Crippen LogP contribution < -0.4 is 0 Å². The van der Waals surface area contributed by atoms with Crippen LogP contribution in [0, 0.1) is 10.8 Å². The van der Waals surface area contributed by atoms with Gasteiger partial charge in [0, 0.05) is 13.2 Å². The van der Waals surface area contributed by atoms with Gasteiger partial charge in [-0.15, -0.1) is 0 Å². The molecule has 0 bridgehead atoms. The highest BCUT2D eigenvalue weighted by Gasteiger charge is 2.16. The zero-order chi connectivity index (χ0) is 14.1. The molecule has 4 heteroatoms. The summed E-state index contributed by atoms with van der Waals surface area (Å²) >= 11 is 0. The largest absolute Gasteiger partial charge is 0.498 e. The lowest BCUT2D eigenvalue weighted by Crippen LogP contribution is -2.18. The van der Waals surface area contributed by atoms with Crippen LogP contribution in [-0.4, -0.2) is 36.6 Å². The van der Waals surface area contributed by atoms with Crippen molar-refractivity contribution >= 4 is 0 Å². The van der Waals surface area contributed by atoms with Crippen molar-refractivity contribution in [2.75, 3.05) is 26.4 Å². The minimum absolute atomic E-state index is 0.0974. The predicted octanol–water partition coefficient (Wildman–Crippen LogP) is 2.31. The van der Waals surface area contributed by atoms with Gasteiger partial charge in [-0.05, 0) is 23.7 Å². The molecule has 108 valence electrons. The molecule has 0 radical (unpaired) electrons. The molecule has 0 spiro atoms. The second-order valence-corrected chi connectivity index (χ2v) is 6.16. The van der Waals surface area contributed by atoms with E-state index in [1.807, 2.05) is 27.7 Å². The highest BCUT2D eigenvalue weighted by atomic mass is 16.5. The fourth-order valence-corrected chi connectivity index (χ4v) is 1.04. The summed E-state index contributed by atoms with van der Waals surface area (Å²) in [5.41, 5.74) is -0.195. The molecule has 0 saturated carbocycles. The molecular formula is C14H28O4. The molecule has 0 fully saturated rings. The molecule has 0 amide bonds. The normalized spacial score (nSPS) is 13.0. The van der Waals surface area contributed by atoms with E-state index in [4.69, 9.17) is 19.7 Å². The molecule has 0 aliphatic carbocycles. The standard InChI is InChI=1S/C14H28O4/c1-13(2,11-15)5-7-17-9-10-18-8-6-14(3,4)12-16/h9-10,15-16H,5-8,11-12H2,1-4H3. The lowest BCUT2D eigenvalue weighted by molar-refractivity contribution is 0.104. The van der Waals surface area contributed by atoms with Crippen LogP contribution >= 0.6 is 0 Å². The summed E-state index contributed by atoms with van der Waals surface area (Å²) < 4.78 is 10.5. The maximum absolute atomic E-state index is 9.05. The zero-order valence-corrected chi connectivity index (χ0v) is 12.1. The zero-order valence-electron chi connectivity index (χ0n) is 12.1. The van der Waals surface area contributed by atoms with Crippen LogP contribution in [0.5, 0.6) is 0 Å². The van der Waals surface area contributed by atoms with Crippen molar-refractivity contribution in [3.63, 3.8) is 0 Å². The molecule has 0 aromatic heterocycles. The van der Waals surface area contributed by atoms with Crippen LogP contribution in [0.4, 0.5) is 0 Å². The molecular weight excluding hydrogens is 232 g/mol. The van der Waals surface area contributed by atoms with Crippen LogP contribution in [0.2, 0.25) is 0 Å². The third-order valence-electron chi connectivity index (χ3n) is 2.90. The maximum Gasteiger partial charge on any atom is 0.117 e. The van der Waals surface area contributed by atoms with Crippen molar-refractivity contribution in [3.05, 3.63) is 12.5 Å². The average Bonchev–Trinajstić information content (AvgIpc) is 2.32. The van der Waals surface area contributed by atoms with Gasteiger partial charge in [0.15, 0.2) is 0 Å². The van der Waals surface area contributed by atoms with Gasteiger partial charge >= 0.3 is 0 Å². The van der Waals surface area contributed by atoms with E-state index in [1.165, 1.54) is 12.5 Å². The summed E-state index contributed by atoms with van der Waals surface area (Å²) in [4.78, 5) is 0. The van der Waals surface area contributed by atoms with Crippen molar-refractivity contribution in [1.29, 1.82) is 0 Å². The fraction of sp³-hybridized carbons (Fsp3) is 0.857. The van der Waals surface area contributed by atoms with Crippen LogP contribution in [0.3, 0.4) is 0 Å². The summed E-state index contributed by atoms with van der Waals surface area (Å²) in [6, 6.07) is 0. The number of ether oxygens (including phenoxy) is 2. The van der Waals surface area contributed by atoms with Crippen LogP contribution in [0.15, 0.2) is 12.5 Å². The first-order valence-corrected chi connectivity index (χ1v) is 6.43. The average molecular weight is 260 g/mol. The Hall–Kier alpha value is -0.740. The van der Waals surface area contributed by atoms with Gasteiger partial charge in [-0.1, -0.05) is 27.7 Å². The Bertz CT molecular complexity index is 210. The third-order valence-corrected chi connectivity index (χ3v) is 2.90. The molecule has 0 saturated heterocycles. The maximum atomic E-state index is 9.05. The lowest BCUT2D eigenvalue weighted by atomic mass is 9.91. The van der Waals surface area contributed by atoms with Gasteiger partial charge in [0.1, 0.15) is 12.5 Å². The van der Waals surface area contributed by atoms with E-state index < -0.39 is 0 Å². The second-order valence-electron chi connectivity index (χ2n) is 6.16. The third kappa shape index (κ3) is 9.31. The summed E-state index contributed by atoms with van der Waals surface area (Å²) in [7, 11) is 0. The van der Waals surface area contributed by atoms with Gasteiger partial charge in [-0.3, -0.25) is 0 Å². The van der Waals surface area contributed by atoms with Gasteiger partial charge in [0.25, 0.3) is 0 Å². The first-order chi connectivity index (χ1) is 8.33. The van der Waals surface area contributed by atoms with Crippen LogP contribution in [-0.2, 0) is 9.47 Å². The van der Waals surface area contributed by atoms with Gasteiger partial charge < -0.3 is 19.7 Å². The van der Waals surface area contributed by atoms with Crippen molar-refractivity contribution in [1.82, 2.24) is 0 Å².